The molecule has 0 bridgehead atoms. The highest BCUT2D eigenvalue weighted by molar-refractivity contribution is 8.13. The molecule has 0 N–H and O–H groups in total. The van der Waals surface area contributed by atoms with Crippen LogP contribution in [0.4, 0.5) is 0 Å². The van der Waals surface area contributed by atoms with E-state index in [1.165, 1.54) is 12.3 Å². The van der Waals surface area contributed by atoms with E-state index in [2.05, 4.69) is 6.92 Å². The molecule has 5 nitrogen and oxygen atoms in total. The van der Waals surface area contributed by atoms with Gasteiger partial charge in [0.1, 0.15) is 10.6 Å². The number of hydrogen-bond acceptors (Lipinski definition) is 3. The topological polar surface area (TPSA) is 59.4 Å². The van der Waals surface area contributed by atoms with Gasteiger partial charge in [0, 0.05) is 36.0 Å². The first-order valence-corrected chi connectivity index (χ1v) is 9.50. The molecule has 118 valence electrons. The Hall–Kier alpha value is -1.01. The minimum absolute atomic E-state index is 0.0212. The molecule has 1 aliphatic heterocycles. The molecule has 0 aromatic carbocycles. The van der Waals surface area contributed by atoms with Gasteiger partial charge in [-0.05, 0) is 38.7 Å². The minimum atomic E-state index is -3.82. The Bertz CT molecular complexity index is 639. The molecule has 0 radical (unpaired) electrons. The molecule has 1 amide bonds. The quantitative estimate of drug-likeness (QED) is 0.800. The first-order valence-electron chi connectivity index (χ1n) is 7.19. The minimum Gasteiger partial charge on any atom is -0.342 e. The van der Waals surface area contributed by atoms with E-state index in [9.17, 15) is 13.2 Å². The van der Waals surface area contributed by atoms with Crippen molar-refractivity contribution < 1.29 is 13.2 Å². The summed E-state index contributed by atoms with van der Waals surface area (Å²) in [5, 5.41) is 0. The number of rotatable bonds is 3. The van der Waals surface area contributed by atoms with E-state index in [-0.39, 0.29) is 16.8 Å². The van der Waals surface area contributed by atoms with Crippen molar-refractivity contribution in [2.75, 3.05) is 6.54 Å². The fourth-order valence-corrected chi connectivity index (χ4v) is 3.54. The molecule has 0 saturated carbocycles. The van der Waals surface area contributed by atoms with Crippen LogP contribution >= 0.6 is 10.7 Å². The summed E-state index contributed by atoms with van der Waals surface area (Å²) in [5.74, 6) is 0.342. The van der Waals surface area contributed by atoms with Crippen molar-refractivity contribution in [2.24, 2.45) is 5.92 Å². The monoisotopic (exact) mass is 332 g/mol. The van der Waals surface area contributed by atoms with Gasteiger partial charge in [0.25, 0.3) is 15.0 Å². The lowest BCUT2D eigenvalue weighted by atomic mass is 9.95. The number of amides is 1. The van der Waals surface area contributed by atoms with Gasteiger partial charge in [-0.25, -0.2) is 8.42 Å². The molecule has 2 atom stereocenters. The van der Waals surface area contributed by atoms with Gasteiger partial charge in [-0.3, -0.25) is 4.79 Å². The maximum absolute atomic E-state index is 12.7. The molecular formula is C14H21ClN2O3S. The van der Waals surface area contributed by atoms with E-state index < -0.39 is 9.05 Å². The molecule has 1 aliphatic rings. The molecule has 2 heterocycles. The van der Waals surface area contributed by atoms with Crippen LogP contribution in [0.15, 0.2) is 17.2 Å². The lowest BCUT2D eigenvalue weighted by Gasteiger charge is -2.36. The second-order valence-electron chi connectivity index (χ2n) is 5.77. The molecule has 0 aliphatic carbocycles. The molecule has 1 saturated heterocycles. The van der Waals surface area contributed by atoms with Crippen molar-refractivity contribution in [2.45, 2.75) is 51.1 Å². The number of piperidine rings is 1. The summed E-state index contributed by atoms with van der Waals surface area (Å²) in [6, 6.07) is 1.55. The normalized spacial score (nSPS) is 23.3. The molecule has 1 aromatic heterocycles. The largest absolute Gasteiger partial charge is 0.342 e. The second kappa shape index (κ2) is 6.01. The Balaban J connectivity index is 2.36. The van der Waals surface area contributed by atoms with E-state index in [4.69, 9.17) is 10.7 Å². The van der Waals surface area contributed by atoms with Crippen LogP contribution in [-0.2, 0) is 15.6 Å². The zero-order valence-corrected chi connectivity index (χ0v) is 14.1. The lowest BCUT2D eigenvalue weighted by Crippen LogP contribution is -2.45. The van der Waals surface area contributed by atoms with Crippen molar-refractivity contribution >= 4 is 25.6 Å². The van der Waals surface area contributed by atoms with Gasteiger partial charge in [-0.2, -0.15) is 0 Å². The van der Waals surface area contributed by atoms with Crippen molar-refractivity contribution in [1.29, 1.82) is 0 Å². The molecule has 21 heavy (non-hydrogen) atoms. The highest BCUT2D eigenvalue weighted by Gasteiger charge is 2.30. The van der Waals surface area contributed by atoms with Gasteiger partial charge in [0.2, 0.25) is 0 Å². The highest BCUT2D eigenvalue weighted by atomic mass is 35.7. The average Bonchev–Trinajstić information content (AvgIpc) is 2.85. The van der Waals surface area contributed by atoms with E-state index in [0.29, 0.717) is 24.7 Å². The lowest BCUT2D eigenvalue weighted by molar-refractivity contribution is 0.0563. The summed E-state index contributed by atoms with van der Waals surface area (Å²) in [6.07, 6.45) is 3.51. The maximum atomic E-state index is 12.7. The summed E-state index contributed by atoms with van der Waals surface area (Å²) >= 11 is 0. The number of aryl methyl sites for hydroxylation is 1. The molecule has 7 heteroatoms. The van der Waals surface area contributed by atoms with Gasteiger partial charge < -0.3 is 9.47 Å². The number of halogens is 1. The predicted octanol–water partition coefficient (Wildman–Crippen LogP) is 2.70. The fourth-order valence-electron chi connectivity index (χ4n) is 2.78. The third-order valence-electron chi connectivity index (χ3n) is 4.09. The molecule has 1 aromatic rings. The van der Waals surface area contributed by atoms with E-state index in [0.717, 1.165) is 12.8 Å². The van der Waals surface area contributed by atoms with Crippen LogP contribution < -0.4 is 0 Å². The van der Waals surface area contributed by atoms with Crippen LogP contribution in [0.1, 0.15) is 44.1 Å². The Morgan fingerprint density at radius 1 is 1.38 bits per heavy atom. The second-order valence-corrected chi connectivity index (χ2v) is 8.34. The Morgan fingerprint density at radius 3 is 2.62 bits per heavy atom. The van der Waals surface area contributed by atoms with Gasteiger partial charge in [0.05, 0.1) is 0 Å². The molecule has 2 rings (SSSR count). The third-order valence-corrected chi connectivity index (χ3v) is 5.41. The van der Waals surface area contributed by atoms with Crippen molar-refractivity contribution in [3.05, 3.63) is 18.0 Å². The summed E-state index contributed by atoms with van der Waals surface area (Å²) in [7, 11) is 1.55. The fraction of sp³-hybridized carbons (Fsp3) is 0.643. The van der Waals surface area contributed by atoms with Crippen LogP contribution in [0.5, 0.6) is 0 Å². The van der Waals surface area contributed by atoms with Crippen molar-refractivity contribution in [1.82, 2.24) is 9.47 Å². The summed E-state index contributed by atoms with van der Waals surface area (Å²) in [4.78, 5) is 14.6. The highest BCUT2D eigenvalue weighted by Crippen LogP contribution is 2.25. The number of nitrogens with zero attached hydrogens (tertiary/aromatic N) is 2. The first-order chi connectivity index (χ1) is 9.74. The zero-order chi connectivity index (χ0) is 15.8. The number of carbonyl (C=O) groups excluding carboxylic acids is 1. The SMILES string of the molecule is CCn1cc(S(=O)(=O)Cl)cc1C(=O)N1CC(C)CCC1C. The van der Waals surface area contributed by atoms with E-state index in [1.807, 2.05) is 18.7 Å². The molecular weight excluding hydrogens is 312 g/mol. The van der Waals surface area contributed by atoms with Gasteiger partial charge >= 0.3 is 0 Å². The number of hydrogen-bond donors (Lipinski definition) is 0. The van der Waals surface area contributed by atoms with E-state index in [1.54, 1.807) is 4.57 Å². The van der Waals surface area contributed by atoms with Gasteiger partial charge in [0.15, 0.2) is 0 Å². The van der Waals surface area contributed by atoms with Crippen LogP contribution in [-0.4, -0.2) is 36.4 Å². The van der Waals surface area contributed by atoms with E-state index >= 15 is 0 Å². The van der Waals surface area contributed by atoms with Crippen molar-refractivity contribution in [3.63, 3.8) is 0 Å². The number of likely N-dealkylation sites (tertiary alicyclic amines) is 1. The smallest absolute Gasteiger partial charge is 0.270 e. The van der Waals surface area contributed by atoms with Crippen LogP contribution in [0.2, 0.25) is 0 Å². The number of aromatic nitrogens is 1. The van der Waals surface area contributed by atoms with Crippen LogP contribution in [0, 0.1) is 5.92 Å². The first kappa shape index (κ1) is 16.4. The van der Waals surface area contributed by atoms with Crippen molar-refractivity contribution in [3.8, 4) is 0 Å². The number of carbonyl (C=O) groups is 1. The van der Waals surface area contributed by atoms with Gasteiger partial charge in [-0.15, -0.1) is 0 Å². The molecule has 2 unspecified atom stereocenters. The van der Waals surface area contributed by atoms with Crippen LogP contribution in [0.3, 0.4) is 0 Å². The molecule has 1 fully saturated rings. The third kappa shape index (κ3) is 3.43. The Morgan fingerprint density at radius 2 is 2.05 bits per heavy atom. The Kier molecular flexibility index (Phi) is 4.68. The summed E-state index contributed by atoms with van der Waals surface area (Å²) in [5.41, 5.74) is 0.387. The standard InChI is InChI=1S/C14H21ClN2O3S/c1-4-16-9-12(21(15,19)20)7-13(16)14(18)17-8-10(2)5-6-11(17)3/h7,9-11H,4-6,8H2,1-3H3. The summed E-state index contributed by atoms with van der Waals surface area (Å²) < 4.78 is 24.6. The summed E-state index contributed by atoms with van der Waals surface area (Å²) in [6.45, 7) is 7.24. The molecule has 0 spiro atoms. The average molecular weight is 333 g/mol. The Labute approximate surface area is 130 Å². The predicted molar refractivity (Wildman–Crippen MR) is 82.0 cm³/mol. The van der Waals surface area contributed by atoms with Gasteiger partial charge in [-0.1, -0.05) is 6.92 Å². The zero-order valence-electron chi connectivity index (χ0n) is 12.5. The van der Waals surface area contributed by atoms with Crippen LogP contribution in [0.25, 0.3) is 0 Å². The maximum Gasteiger partial charge on any atom is 0.270 e.